The summed E-state index contributed by atoms with van der Waals surface area (Å²) in [5.74, 6) is -0.491. The predicted molar refractivity (Wildman–Crippen MR) is 119 cm³/mol. The van der Waals surface area contributed by atoms with Crippen LogP contribution in [0.25, 0.3) is 0 Å². The minimum atomic E-state index is -0.640. The average Bonchev–Trinajstić information content (AvgIpc) is 2.88. The van der Waals surface area contributed by atoms with Gasteiger partial charge >= 0.3 is 0 Å². The van der Waals surface area contributed by atoms with E-state index in [1.54, 1.807) is 17.8 Å². The topological polar surface area (TPSA) is 83.4 Å². The molecule has 1 aliphatic rings. The van der Waals surface area contributed by atoms with Crippen LogP contribution in [0.4, 0.5) is 0 Å². The smallest absolute Gasteiger partial charge is 0.273 e. The highest BCUT2D eigenvalue weighted by Gasteiger charge is 2.27. The third-order valence-corrected chi connectivity index (χ3v) is 6.74. The molecule has 6 nitrogen and oxygen atoms in total. The van der Waals surface area contributed by atoms with Crippen molar-refractivity contribution >= 4 is 40.9 Å². The molecular formula is C21H17Cl2N3O3S. The Kier molecular flexibility index (Phi) is 5.69. The fraction of sp³-hybridized carbons (Fsp3) is 0.143. The second-order valence-electron chi connectivity index (χ2n) is 6.68. The second-order valence-corrected chi connectivity index (χ2v) is 8.51. The number of rotatable bonds is 3. The Hall–Kier alpha value is -2.61. The minimum absolute atomic E-state index is 0.180. The molecule has 1 aromatic heterocycles. The lowest BCUT2D eigenvalue weighted by Crippen LogP contribution is -2.32. The van der Waals surface area contributed by atoms with Gasteiger partial charge in [0.1, 0.15) is 0 Å². The molecule has 0 aliphatic carbocycles. The van der Waals surface area contributed by atoms with Crippen LogP contribution in [-0.2, 0) is 5.75 Å². The van der Waals surface area contributed by atoms with Crippen LogP contribution in [0.15, 0.2) is 58.4 Å². The number of pyridine rings is 1. The molecule has 154 valence electrons. The van der Waals surface area contributed by atoms with Gasteiger partial charge in [-0.15, -0.1) is 11.8 Å². The van der Waals surface area contributed by atoms with E-state index in [0.29, 0.717) is 10.0 Å². The van der Waals surface area contributed by atoms with E-state index in [1.165, 1.54) is 24.0 Å². The summed E-state index contributed by atoms with van der Waals surface area (Å²) < 4.78 is 1.36. The van der Waals surface area contributed by atoms with Crippen LogP contribution in [0, 0.1) is 0 Å². The lowest BCUT2D eigenvalue weighted by atomic mass is 9.95. The van der Waals surface area contributed by atoms with E-state index >= 15 is 0 Å². The van der Waals surface area contributed by atoms with E-state index in [0.717, 1.165) is 27.3 Å². The first-order valence-corrected chi connectivity index (χ1v) is 10.8. The normalized spacial score (nSPS) is 15.0. The monoisotopic (exact) mass is 461 g/mol. The number of halogens is 2. The van der Waals surface area contributed by atoms with Crippen LogP contribution in [-0.4, -0.2) is 22.7 Å². The second kappa shape index (κ2) is 8.26. The third kappa shape index (κ3) is 3.64. The van der Waals surface area contributed by atoms with E-state index in [-0.39, 0.29) is 5.69 Å². The zero-order valence-corrected chi connectivity index (χ0v) is 18.1. The molecule has 0 fully saturated rings. The van der Waals surface area contributed by atoms with Crippen molar-refractivity contribution < 1.29 is 9.90 Å². The van der Waals surface area contributed by atoms with Crippen molar-refractivity contribution in [3.8, 4) is 5.75 Å². The maximum absolute atomic E-state index is 12.4. The first-order valence-electron chi connectivity index (χ1n) is 9.03. The van der Waals surface area contributed by atoms with Crippen LogP contribution in [0.3, 0.4) is 0 Å². The van der Waals surface area contributed by atoms with Crippen molar-refractivity contribution in [2.45, 2.75) is 16.7 Å². The summed E-state index contributed by atoms with van der Waals surface area (Å²) in [7, 11) is 1.43. The van der Waals surface area contributed by atoms with E-state index in [2.05, 4.69) is 10.7 Å². The molecule has 0 saturated carbocycles. The fourth-order valence-electron chi connectivity index (χ4n) is 3.41. The molecule has 30 heavy (non-hydrogen) atoms. The summed E-state index contributed by atoms with van der Waals surface area (Å²) in [6.45, 7) is 0. The average molecular weight is 462 g/mol. The number of carbonyl (C=O) groups excluding carboxylic acids is 1. The molecule has 0 spiro atoms. The van der Waals surface area contributed by atoms with Gasteiger partial charge in [0.2, 0.25) is 5.43 Å². The Morgan fingerprint density at radius 3 is 2.67 bits per heavy atom. The zero-order chi connectivity index (χ0) is 21.4. The summed E-state index contributed by atoms with van der Waals surface area (Å²) in [6.07, 6.45) is 1.42. The molecule has 4 rings (SSSR count). The quantitative estimate of drug-likeness (QED) is 0.545. The Morgan fingerprint density at radius 2 is 1.90 bits per heavy atom. The molecule has 3 N–H and O–H groups in total. The number of aromatic hydroxyl groups is 1. The van der Waals surface area contributed by atoms with Crippen molar-refractivity contribution in [3.05, 3.63) is 91.3 Å². The highest BCUT2D eigenvalue weighted by Crippen LogP contribution is 2.43. The van der Waals surface area contributed by atoms with Crippen molar-refractivity contribution in [2.24, 2.45) is 0 Å². The third-order valence-electron chi connectivity index (χ3n) is 4.90. The SMILES string of the molecule is CNC(=O)c1c(O)c(=O)ccn1NC1c2ccccc2CSc2cc(Cl)c(Cl)cc21. The Balaban J connectivity index is 1.92. The standard InChI is InChI=1S/C21H17Cl2N3O3S/c1-24-21(29)19-20(28)16(27)6-7-26(19)25-18-12-5-3-2-4-11(12)10-30-17-9-15(23)14(22)8-13(17)18/h2-9,18,25,28H,10H2,1H3,(H,24,29). The summed E-state index contributed by atoms with van der Waals surface area (Å²) in [6, 6.07) is 12.3. The molecule has 3 aromatic rings. The number of nitrogens with zero attached hydrogens (tertiary/aromatic N) is 1. The van der Waals surface area contributed by atoms with Crippen molar-refractivity contribution in [2.75, 3.05) is 12.5 Å². The molecule has 1 aliphatic heterocycles. The first kappa shape index (κ1) is 20.7. The maximum atomic E-state index is 12.4. The highest BCUT2D eigenvalue weighted by atomic mass is 35.5. The van der Waals surface area contributed by atoms with Gasteiger partial charge in [-0.3, -0.25) is 14.3 Å². The summed E-state index contributed by atoms with van der Waals surface area (Å²) in [4.78, 5) is 25.3. The van der Waals surface area contributed by atoms with Crippen LogP contribution in [0.5, 0.6) is 5.75 Å². The van der Waals surface area contributed by atoms with Gasteiger partial charge in [-0.1, -0.05) is 47.5 Å². The number of nitrogens with one attached hydrogen (secondary N) is 2. The summed E-state index contributed by atoms with van der Waals surface area (Å²) in [5, 5.41) is 13.6. The van der Waals surface area contributed by atoms with Crippen LogP contribution in [0.1, 0.15) is 33.2 Å². The fourth-order valence-corrected chi connectivity index (χ4v) is 4.93. The Morgan fingerprint density at radius 1 is 1.17 bits per heavy atom. The molecule has 2 heterocycles. The van der Waals surface area contributed by atoms with Gasteiger partial charge in [0.05, 0.1) is 16.1 Å². The number of fused-ring (bicyclic) bond motifs is 2. The van der Waals surface area contributed by atoms with Gasteiger partial charge in [0.25, 0.3) is 5.91 Å². The molecule has 1 amide bonds. The number of carbonyl (C=O) groups is 1. The van der Waals surface area contributed by atoms with Crippen molar-refractivity contribution in [1.29, 1.82) is 0 Å². The van der Waals surface area contributed by atoms with Gasteiger partial charge in [-0.2, -0.15) is 0 Å². The largest absolute Gasteiger partial charge is 0.502 e. The van der Waals surface area contributed by atoms with Gasteiger partial charge in [0, 0.05) is 30.0 Å². The van der Waals surface area contributed by atoms with Crippen molar-refractivity contribution in [1.82, 2.24) is 9.99 Å². The van der Waals surface area contributed by atoms with E-state index in [1.807, 2.05) is 30.3 Å². The molecule has 0 bridgehead atoms. The maximum Gasteiger partial charge on any atom is 0.273 e. The Labute approximate surface area is 186 Å². The first-order chi connectivity index (χ1) is 14.4. The molecule has 1 atom stereocenters. The van der Waals surface area contributed by atoms with Crippen LogP contribution >= 0.6 is 35.0 Å². The van der Waals surface area contributed by atoms with Gasteiger partial charge in [0.15, 0.2) is 11.4 Å². The van der Waals surface area contributed by atoms with E-state index in [9.17, 15) is 14.7 Å². The molecular weight excluding hydrogens is 445 g/mol. The number of thioether (sulfide) groups is 1. The lowest BCUT2D eigenvalue weighted by molar-refractivity contribution is 0.0951. The molecule has 9 heteroatoms. The number of amides is 1. The number of aromatic nitrogens is 1. The van der Waals surface area contributed by atoms with Crippen LogP contribution in [0.2, 0.25) is 10.0 Å². The predicted octanol–water partition coefficient (Wildman–Crippen LogP) is 4.16. The number of hydrogen-bond acceptors (Lipinski definition) is 5. The summed E-state index contributed by atoms with van der Waals surface area (Å²) in [5.41, 5.74) is 5.43. The highest BCUT2D eigenvalue weighted by molar-refractivity contribution is 7.98. The molecule has 2 aromatic carbocycles. The Bertz CT molecular complexity index is 1210. The molecule has 1 unspecified atom stereocenters. The number of hydrogen-bond donors (Lipinski definition) is 3. The number of benzene rings is 2. The van der Waals surface area contributed by atoms with E-state index in [4.69, 9.17) is 23.2 Å². The van der Waals surface area contributed by atoms with Crippen LogP contribution < -0.4 is 16.2 Å². The molecule has 0 radical (unpaired) electrons. The van der Waals surface area contributed by atoms with Crippen molar-refractivity contribution in [3.63, 3.8) is 0 Å². The minimum Gasteiger partial charge on any atom is -0.502 e. The lowest BCUT2D eigenvalue weighted by Gasteiger charge is -2.26. The van der Waals surface area contributed by atoms with Gasteiger partial charge < -0.3 is 15.8 Å². The van der Waals surface area contributed by atoms with Gasteiger partial charge in [-0.25, -0.2) is 0 Å². The zero-order valence-electron chi connectivity index (χ0n) is 15.8. The van der Waals surface area contributed by atoms with E-state index < -0.39 is 23.1 Å². The summed E-state index contributed by atoms with van der Waals surface area (Å²) >= 11 is 14.2. The molecule has 0 saturated heterocycles. The van der Waals surface area contributed by atoms with Gasteiger partial charge in [-0.05, 0) is 28.8 Å².